The molecule has 0 radical (unpaired) electrons. The van der Waals surface area contributed by atoms with Gasteiger partial charge >= 0.3 is 0 Å². The van der Waals surface area contributed by atoms with Crippen molar-refractivity contribution in [2.75, 3.05) is 50.5 Å². The first-order chi connectivity index (χ1) is 8.65. The fourth-order valence-electron chi connectivity index (χ4n) is 2.16. The number of anilines is 2. The molecule has 1 aliphatic rings. The molecule has 0 aliphatic carbocycles. The molecule has 1 saturated heterocycles. The fraction of sp³-hybridized carbons (Fsp3) is 0.692. The highest BCUT2D eigenvalue weighted by molar-refractivity contribution is 5.49. The summed E-state index contributed by atoms with van der Waals surface area (Å²) in [6.07, 6.45) is 2.54. The van der Waals surface area contributed by atoms with E-state index in [1.807, 2.05) is 6.92 Å². The number of hydrogen-bond acceptors (Lipinski definition) is 5. The Morgan fingerprint density at radius 3 is 2.67 bits per heavy atom. The van der Waals surface area contributed by atoms with Gasteiger partial charge in [0, 0.05) is 32.2 Å². The summed E-state index contributed by atoms with van der Waals surface area (Å²) in [4.78, 5) is 13.5. The van der Waals surface area contributed by atoms with E-state index < -0.39 is 0 Å². The van der Waals surface area contributed by atoms with Crippen molar-refractivity contribution in [1.82, 2.24) is 14.9 Å². The van der Waals surface area contributed by atoms with Gasteiger partial charge in [-0.25, -0.2) is 9.97 Å². The number of hydrogen-bond donors (Lipinski definition) is 1. The van der Waals surface area contributed by atoms with E-state index in [2.05, 4.69) is 45.2 Å². The van der Waals surface area contributed by atoms with Gasteiger partial charge in [0.1, 0.15) is 17.5 Å². The number of likely N-dealkylation sites (N-methyl/N-ethyl adjacent to an activating group) is 1. The fourth-order valence-corrected chi connectivity index (χ4v) is 2.16. The third-order valence-electron chi connectivity index (χ3n) is 3.12. The van der Waals surface area contributed by atoms with E-state index in [4.69, 9.17) is 0 Å². The van der Waals surface area contributed by atoms with Crippen LogP contribution >= 0.6 is 0 Å². The normalized spacial score (nSPS) is 15.4. The Balaban J connectivity index is 2.01. The summed E-state index contributed by atoms with van der Waals surface area (Å²) >= 11 is 0. The van der Waals surface area contributed by atoms with Gasteiger partial charge in [0.2, 0.25) is 0 Å². The van der Waals surface area contributed by atoms with Crippen LogP contribution in [0, 0.1) is 6.92 Å². The molecule has 0 atom stereocenters. The molecule has 5 heteroatoms. The first kappa shape index (κ1) is 13.1. The summed E-state index contributed by atoms with van der Waals surface area (Å²) < 4.78 is 0. The van der Waals surface area contributed by atoms with Crippen molar-refractivity contribution in [1.29, 1.82) is 0 Å². The smallest absolute Gasteiger partial charge is 0.134 e. The van der Waals surface area contributed by atoms with E-state index in [1.165, 1.54) is 12.8 Å². The third kappa shape index (κ3) is 3.57. The average molecular weight is 249 g/mol. The molecular formula is C13H23N5. The maximum Gasteiger partial charge on any atom is 0.134 e. The highest BCUT2D eigenvalue weighted by Gasteiger charge is 2.14. The summed E-state index contributed by atoms with van der Waals surface area (Å²) in [5.41, 5.74) is 0. The highest BCUT2D eigenvalue weighted by Crippen LogP contribution is 2.20. The van der Waals surface area contributed by atoms with Gasteiger partial charge in [-0.3, -0.25) is 0 Å². The number of nitrogens with one attached hydrogen (secondary N) is 1. The molecule has 1 aliphatic heterocycles. The predicted octanol–water partition coefficient (Wildman–Crippen LogP) is 1.36. The molecule has 1 fully saturated rings. The summed E-state index contributed by atoms with van der Waals surface area (Å²) in [6, 6.07) is 2.06. The number of aromatic nitrogens is 2. The summed E-state index contributed by atoms with van der Waals surface area (Å²) in [5, 5.41) is 3.36. The molecule has 2 heterocycles. The van der Waals surface area contributed by atoms with Crippen LogP contribution in [0.15, 0.2) is 6.07 Å². The Labute approximate surface area is 109 Å². The first-order valence-electron chi connectivity index (χ1n) is 6.64. The SMILES string of the molecule is Cc1nc(NCCN(C)C)cc(N2CCCC2)n1. The maximum absolute atomic E-state index is 4.52. The number of rotatable bonds is 5. The summed E-state index contributed by atoms with van der Waals surface area (Å²) in [5.74, 6) is 2.84. The molecule has 100 valence electrons. The molecule has 0 amide bonds. The lowest BCUT2D eigenvalue weighted by Gasteiger charge is -2.18. The maximum atomic E-state index is 4.52. The van der Waals surface area contributed by atoms with Crippen LogP contribution in [-0.2, 0) is 0 Å². The molecule has 1 aromatic heterocycles. The molecule has 0 saturated carbocycles. The molecule has 0 spiro atoms. The zero-order chi connectivity index (χ0) is 13.0. The van der Waals surface area contributed by atoms with Crippen molar-refractivity contribution in [2.24, 2.45) is 0 Å². The molecule has 0 bridgehead atoms. The zero-order valence-corrected chi connectivity index (χ0v) is 11.6. The van der Waals surface area contributed by atoms with E-state index in [1.54, 1.807) is 0 Å². The lowest BCUT2D eigenvalue weighted by Crippen LogP contribution is -2.22. The van der Waals surface area contributed by atoms with Crippen molar-refractivity contribution in [3.8, 4) is 0 Å². The van der Waals surface area contributed by atoms with Crippen LogP contribution in [0.2, 0.25) is 0 Å². The minimum atomic E-state index is 0.840. The van der Waals surface area contributed by atoms with Crippen molar-refractivity contribution >= 4 is 11.6 Å². The topological polar surface area (TPSA) is 44.3 Å². The summed E-state index contributed by atoms with van der Waals surface area (Å²) in [6.45, 7) is 6.10. The first-order valence-corrected chi connectivity index (χ1v) is 6.64. The van der Waals surface area contributed by atoms with E-state index in [0.717, 1.165) is 43.6 Å². The highest BCUT2D eigenvalue weighted by atomic mass is 15.2. The van der Waals surface area contributed by atoms with Gasteiger partial charge in [0.05, 0.1) is 0 Å². The van der Waals surface area contributed by atoms with Crippen molar-refractivity contribution in [3.63, 3.8) is 0 Å². The molecule has 1 aromatic rings. The second-order valence-electron chi connectivity index (χ2n) is 5.08. The average Bonchev–Trinajstić information content (AvgIpc) is 2.81. The Bertz CT molecular complexity index is 385. The van der Waals surface area contributed by atoms with Gasteiger partial charge in [0.25, 0.3) is 0 Å². The Hall–Kier alpha value is -1.36. The standard InChI is InChI=1S/C13H23N5/c1-11-15-12(14-6-9-17(2)3)10-13(16-11)18-7-4-5-8-18/h10H,4-9H2,1-3H3,(H,14,15,16). The molecule has 5 nitrogen and oxygen atoms in total. The van der Waals surface area contributed by atoms with Gasteiger partial charge < -0.3 is 15.1 Å². The van der Waals surface area contributed by atoms with Gasteiger partial charge in [0.15, 0.2) is 0 Å². The van der Waals surface area contributed by atoms with E-state index >= 15 is 0 Å². The zero-order valence-electron chi connectivity index (χ0n) is 11.6. The van der Waals surface area contributed by atoms with Crippen LogP contribution in [0.25, 0.3) is 0 Å². The van der Waals surface area contributed by atoms with Gasteiger partial charge in [-0.2, -0.15) is 0 Å². The van der Waals surface area contributed by atoms with Crippen LogP contribution in [0.4, 0.5) is 11.6 Å². The molecular weight excluding hydrogens is 226 g/mol. The molecule has 18 heavy (non-hydrogen) atoms. The van der Waals surface area contributed by atoms with Gasteiger partial charge in [-0.1, -0.05) is 0 Å². The van der Waals surface area contributed by atoms with Crippen LogP contribution in [0.3, 0.4) is 0 Å². The minimum absolute atomic E-state index is 0.840. The van der Waals surface area contributed by atoms with E-state index in [9.17, 15) is 0 Å². The quantitative estimate of drug-likeness (QED) is 0.853. The Kier molecular flexibility index (Phi) is 4.36. The van der Waals surface area contributed by atoms with E-state index in [-0.39, 0.29) is 0 Å². The Morgan fingerprint density at radius 1 is 1.28 bits per heavy atom. The van der Waals surface area contributed by atoms with Crippen molar-refractivity contribution < 1.29 is 0 Å². The largest absolute Gasteiger partial charge is 0.369 e. The van der Waals surface area contributed by atoms with Crippen LogP contribution in [-0.4, -0.2) is 55.1 Å². The van der Waals surface area contributed by atoms with Crippen LogP contribution in [0.5, 0.6) is 0 Å². The molecule has 1 N–H and O–H groups in total. The van der Waals surface area contributed by atoms with Gasteiger partial charge in [-0.05, 0) is 33.9 Å². The molecule has 0 unspecified atom stereocenters. The summed E-state index contributed by atoms with van der Waals surface area (Å²) in [7, 11) is 4.14. The second kappa shape index (κ2) is 6.00. The monoisotopic (exact) mass is 249 g/mol. The second-order valence-corrected chi connectivity index (χ2v) is 5.08. The van der Waals surface area contributed by atoms with Gasteiger partial charge in [-0.15, -0.1) is 0 Å². The Morgan fingerprint density at radius 2 is 2.00 bits per heavy atom. The molecule has 2 rings (SSSR count). The molecule has 0 aromatic carbocycles. The minimum Gasteiger partial charge on any atom is -0.369 e. The van der Waals surface area contributed by atoms with Crippen LogP contribution in [0.1, 0.15) is 18.7 Å². The van der Waals surface area contributed by atoms with Crippen molar-refractivity contribution in [2.45, 2.75) is 19.8 Å². The van der Waals surface area contributed by atoms with E-state index in [0.29, 0.717) is 0 Å². The third-order valence-corrected chi connectivity index (χ3v) is 3.12. The predicted molar refractivity (Wildman–Crippen MR) is 75.3 cm³/mol. The van der Waals surface area contributed by atoms with Crippen LogP contribution < -0.4 is 10.2 Å². The van der Waals surface area contributed by atoms with Crippen molar-refractivity contribution in [3.05, 3.63) is 11.9 Å². The number of aryl methyl sites for hydroxylation is 1. The lowest BCUT2D eigenvalue weighted by atomic mass is 10.4. The number of nitrogens with zero attached hydrogens (tertiary/aromatic N) is 4. The lowest BCUT2D eigenvalue weighted by molar-refractivity contribution is 0.425.